The van der Waals surface area contributed by atoms with Crippen molar-refractivity contribution < 1.29 is 19.2 Å². The standard InChI is InChI=1S/C26H28N4O4/c1-26-14-13-23(32)30(26)21-10-6-5-9-19(21)25(34)29(26)16-22(31)28-20(24(33)27-18-11-12-18)15-17-7-3-2-4-8-17/h2-10,18,20H,11-16H2,1H3,(H,27,33)(H,28,31). The Labute approximate surface area is 198 Å². The van der Waals surface area contributed by atoms with Crippen molar-refractivity contribution in [2.75, 3.05) is 11.4 Å². The number of carbonyl (C=O) groups excluding carboxylic acids is 4. The molecule has 5 rings (SSSR count). The van der Waals surface area contributed by atoms with E-state index in [0.29, 0.717) is 30.5 Å². The Hall–Kier alpha value is -3.68. The topological polar surface area (TPSA) is 98.8 Å². The fraction of sp³-hybridized carbons (Fsp3) is 0.385. The van der Waals surface area contributed by atoms with Gasteiger partial charge in [-0.1, -0.05) is 42.5 Å². The highest BCUT2D eigenvalue weighted by Crippen LogP contribution is 2.43. The Kier molecular flexibility index (Phi) is 5.59. The second kappa shape index (κ2) is 8.59. The molecule has 2 atom stereocenters. The number of nitrogens with one attached hydrogen (secondary N) is 2. The zero-order chi connectivity index (χ0) is 23.9. The van der Waals surface area contributed by atoms with E-state index in [2.05, 4.69) is 10.6 Å². The van der Waals surface area contributed by atoms with Crippen molar-refractivity contribution in [3.63, 3.8) is 0 Å². The predicted octanol–water partition coefficient (Wildman–Crippen LogP) is 1.99. The Morgan fingerprint density at radius 1 is 1.06 bits per heavy atom. The van der Waals surface area contributed by atoms with E-state index in [-0.39, 0.29) is 30.3 Å². The van der Waals surface area contributed by atoms with E-state index in [1.807, 2.05) is 37.3 Å². The lowest BCUT2D eigenvalue weighted by molar-refractivity contribution is -0.130. The summed E-state index contributed by atoms with van der Waals surface area (Å²) in [7, 11) is 0. The zero-order valence-corrected chi connectivity index (χ0v) is 19.1. The number of nitrogens with zero attached hydrogens (tertiary/aromatic N) is 2. The molecule has 0 radical (unpaired) electrons. The van der Waals surface area contributed by atoms with E-state index in [9.17, 15) is 19.2 Å². The maximum absolute atomic E-state index is 13.4. The van der Waals surface area contributed by atoms with Gasteiger partial charge in [-0.25, -0.2) is 0 Å². The molecule has 0 bridgehead atoms. The van der Waals surface area contributed by atoms with Gasteiger partial charge in [0, 0.05) is 18.9 Å². The molecule has 4 amide bonds. The number of para-hydroxylation sites is 1. The van der Waals surface area contributed by atoms with E-state index >= 15 is 0 Å². The van der Waals surface area contributed by atoms with Gasteiger partial charge in [0.25, 0.3) is 5.91 Å². The molecule has 34 heavy (non-hydrogen) atoms. The van der Waals surface area contributed by atoms with Gasteiger partial charge in [-0.15, -0.1) is 0 Å². The van der Waals surface area contributed by atoms with Gasteiger partial charge in [-0.3, -0.25) is 24.1 Å². The maximum Gasteiger partial charge on any atom is 0.258 e. The molecule has 1 aliphatic carbocycles. The lowest BCUT2D eigenvalue weighted by Crippen LogP contribution is -2.64. The number of carbonyl (C=O) groups is 4. The quantitative estimate of drug-likeness (QED) is 0.660. The largest absolute Gasteiger partial charge is 0.352 e. The van der Waals surface area contributed by atoms with Crippen LogP contribution in [-0.2, 0) is 20.8 Å². The highest BCUT2D eigenvalue weighted by Gasteiger charge is 2.53. The summed E-state index contributed by atoms with van der Waals surface area (Å²) in [4.78, 5) is 55.3. The summed E-state index contributed by atoms with van der Waals surface area (Å²) in [6.07, 6.45) is 2.98. The summed E-state index contributed by atoms with van der Waals surface area (Å²) in [6, 6.07) is 15.9. The molecule has 2 heterocycles. The number of benzene rings is 2. The normalized spacial score (nSPS) is 22.1. The van der Waals surface area contributed by atoms with Gasteiger partial charge in [0.15, 0.2) is 0 Å². The molecule has 1 saturated heterocycles. The third kappa shape index (κ3) is 4.04. The third-order valence-corrected chi connectivity index (χ3v) is 6.91. The van der Waals surface area contributed by atoms with Crippen molar-refractivity contribution in [2.24, 2.45) is 0 Å². The monoisotopic (exact) mass is 460 g/mol. The number of rotatable bonds is 7. The molecule has 8 nitrogen and oxygen atoms in total. The van der Waals surface area contributed by atoms with Crippen molar-refractivity contribution in [1.82, 2.24) is 15.5 Å². The molecule has 2 N–H and O–H groups in total. The highest BCUT2D eigenvalue weighted by atomic mass is 16.2. The lowest BCUT2D eigenvalue weighted by Gasteiger charge is -2.48. The molecule has 2 fully saturated rings. The molecule has 0 aromatic heterocycles. The van der Waals surface area contributed by atoms with Crippen LogP contribution in [0.1, 0.15) is 48.5 Å². The van der Waals surface area contributed by atoms with Crippen LogP contribution < -0.4 is 15.5 Å². The number of hydrogen-bond donors (Lipinski definition) is 2. The fourth-order valence-corrected chi connectivity index (χ4v) is 4.91. The Morgan fingerprint density at radius 2 is 1.76 bits per heavy atom. The van der Waals surface area contributed by atoms with Gasteiger partial charge >= 0.3 is 0 Å². The van der Waals surface area contributed by atoms with Crippen molar-refractivity contribution in [1.29, 1.82) is 0 Å². The van der Waals surface area contributed by atoms with Crippen molar-refractivity contribution >= 4 is 29.3 Å². The first kappa shape index (κ1) is 22.1. The first-order chi connectivity index (χ1) is 16.4. The van der Waals surface area contributed by atoms with Crippen molar-refractivity contribution in [3.05, 3.63) is 65.7 Å². The molecular formula is C26H28N4O4. The Morgan fingerprint density at radius 3 is 2.50 bits per heavy atom. The van der Waals surface area contributed by atoms with Crippen LogP contribution in [0.5, 0.6) is 0 Å². The van der Waals surface area contributed by atoms with Crippen LogP contribution in [0.15, 0.2) is 54.6 Å². The van der Waals surface area contributed by atoms with E-state index < -0.39 is 17.6 Å². The number of anilines is 1. The van der Waals surface area contributed by atoms with E-state index in [0.717, 1.165) is 18.4 Å². The molecule has 3 aliphatic rings. The minimum Gasteiger partial charge on any atom is -0.352 e. The van der Waals surface area contributed by atoms with E-state index in [4.69, 9.17) is 0 Å². The summed E-state index contributed by atoms with van der Waals surface area (Å²) in [5.74, 6) is -1.01. The average molecular weight is 461 g/mol. The summed E-state index contributed by atoms with van der Waals surface area (Å²) in [6.45, 7) is 1.58. The zero-order valence-electron chi connectivity index (χ0n) is 19.1. The Bertz CT molecular complexity index is 1150. The summed E-state index contributed by atoms with van der Waals surface area (Å²) in [5, 5.41) is 5.82. The second-order valence-corrected chi connectivity index (χ2v) is 9.45. The van der Waals surface area contributed by atoms with Gasteiger partial charge in [0.05, 0.1) is 11.3 Å². The lowest BCUT2D eigenvalue weighted by atomic mass is 9.98. The van der Waals surface area contributed by atoms with Crippen LogP contribution in [0.2, 0.25) is 0 Å². The molecule has 2 unspecified atom stereocenters. The highest BCUT2D eigenvalue weighted by molar-refractivity contribution is 6.11. The van der Waals surface area contributed by atoms with Crippen molar-refractivity contribution in [2.45, 2.75) is 56.8 Å². The molecule has 2 aromatic rings. The van der Waals surface area contributed by atoms with Crippen LogP contribution in [0, 0.1) is 0 Å². The Balaban J connectivity index is 1.37. The predicted molar refractivity (Wildman–Crippen MR) is 126 cm³/mol. The summed E-state index contributed by atoms with van der Waals surface area (Å²) in [5.41, 5.74) is 0.988. The van der Waals surface area contributed by atoms with Crippen molar-refractivity contribution in [3.8, 4) is 0 Å². The number of fused-ring (bicyclic) bond motifs is 3. The molecule has 8 heteroatoms. The van der Waals surface area contributed by atoms with Crippen LogP contribution in [0.3, 0.4) is 0 Å². The molecular weight excluding hydrogens is 432 g/mol. The smallest absolute Gasteiger partial charge is 0.258 e. The SMILES string of the molecule is CC12CCC(=O)N1c1ccccc1C(=O)N2CC(=O)NC(Cc1ccccc1)C(=O)NC1CC1. The van der Waals surface area contributed by atoms with Gasteiger partial charge in [-0.2, -0.15) is 0 Å². The third-order valence-electron chi connectivity index (χ3n) is 6.91. The first-order valence-electron chi connectivity index (χ1n) is 11.7. The molecule has 2 aromatic carbocycles. The van der Waals surface area contributed by atoms with Gasteiger partial charge < -0.3 is 15.5 Å². The molecule has 2 aliphatic heterocycles. The fourth-order valence-electron chi connectivity index (χ4n) is 4.91. The maximum atomic E-state index is 13.4. The van der Waals surface area contributed by atoms with Crippen LogP contribution in [0.4, 0.5) is 5.69 Å². The van der Waals surface area contributed by atoms with E-state index in [1.165, 1.54) is 4.90 Å². The first-order valence-corrected chi connectivity index (χ1v) is 11.7. The van der Waals surface area contributed by atoms with Crippen LogP contribution in [0.25, 0.3) is 0 Å². The minimum absolute atomic E-state index is 0.0707. The minimum atomic E-state index is -0.926. The molecule has 176 valence electrons. The number of hydrogen-bond acceptors (Lipinski definition) is 4. The second-order valence-electron chi connectivity index (χ2n) is 9.45. The van der Waals surface area contributed by atoms with Gasteiger partial charge in [0.2, 0.25) is 17.7 Å². The summed E-state index contributed by atoms with van der Waals surface area (Å²) < 4.78 is 0. The van der Waals surface area contributed by atoms with Crippen LogP contribution >= 0.6 is 0 Å². The molecule has 1 saturated carbocycles. The molecule has 0 spiro atoms. The number of amides is 4. The summed E-state index contributed by atoms with van der Waals surface area (Å²) >= 11 is 0. The van der Waals surface area contributed by atoms with E-state index in [1.54, 1.807) is 29.2 Å². The average Bonchev–Trinajstić information content (AvgIpc) is 3.59. The van der Waals surface area contributed by atoms with Gasteiger partial charge in [0.1, 0.15) is 18.2 Å². The van der Waals surface area contributed by atoms with Crippen LogP contribution in [-0.4, -0.2) is 52.8 Å². The van der Waals surface area contributed by atoms with Gasteiger partial charge in [-0.05, 0) is 43.9 Å².